The smallest absolute Gasteiger partial charge is 0.327 e. The molecule has 1 aromatic rings. The van der Waals surface area contributed by atoms with E-state index in [0.29, 0.717) is 5.92 Å². The third-order valence-electron chi connectivity index (χ3n) is 4.00. The summed E-state index contributed by atoms with van der Waals surface area (Å²) in [5.74, 6) is 0.402. The third kappa shape index (κ3) is 3.96. The molecule has 0 spiro atoms. The fraction of sp³-hybridized carbons (Fsp3) is 0.600. The Kier molecular flexibility index (Phi) is 4.50. The van der Waals surface area contributed by atoms with Gasteiger partial charge in [-0.25, -0.2) is 0 Å². The van der Waals surface area contributed by atoms with Crippen LogP contribution >= 0.6 is 0 Å². The topological polar surface area (TPSA) is 26.0 Å². The summed E-state index contributed by atoms with van der Waals surface area (Å²) in [6.07, 6.45) is 2.23. The molecule has 0 amide bonds. The van der Waals surface area contributed by atoms with Gasteiger partial charge in [-0.2, -0.15) is 13.2 Å². The molecule has 0 saturated heterocycles. The number of hydrogen-bond donors (Lipinski definition) is 1. The van der Waals surface area contributed by atoms with Crippen molar-refractivity contribution in [1.29, 1.82) is 0 Å². The zero-order valence-corrected chi connectivity index (χ0v) is 10.9. The Bertz CT molecular complexity index is 397. The van der Waals surface area contributed by atoms with Crippen molar-refractivity contribution in [3.05, 3.63) is 35.4 Å². The number of halogens is 3. The van der Waals surface area contributed by atoms with Gasteiger partial charge < -0.3 is 5.73 Å². The van der Waals surface area contributed by atoms with Gasteiger partial charge in [0.2, 0.25) is 0 Å². The van der Waals surface area contributed by atoms with Crippen molar-refractivity contribution in [2.75, 3.05) is 0 Å². The summed E-state index contributed by atoms with van der Waals surface area (Å²) in [6, 6.07) is 5.68. The fourth-order valence-corrected chi connectivity index (χ4v) is 2.80. The van der Waals surface area contributed by atoms with E-state index in [-0.39, 0.29) is 6.04 Å². The molecule has 2 atom stereocenters. The van der Waals surface area contributed by atoms with Crippen LogP contribution < -0.4 is 5.73 Å². The predicted octanol–water partition coefficient (Wildman–Crippen LogP) is 4.16. The average Bonchev–Trinajstić information content (AvgIpc) is 2.55. The van der Waals surface area contributed by atoms with Gasteiger partial charge in [-0.05, 0) is 42.9 Å². The van der Waals surface area contributed by atoms with E-state index < -0.39 is 11.7 Å². The summed E-state index contributed by atoms with van der Waals surface area (Å²) in [5.41, 5.74) is 6.52. The van der Waals surface area contributed by atoms with Crippen molar-refractivity contribution >= 4 is 0 Å². The molecule has 1 nitrogen and oxygen atoms in total. The Hall–Kier alpha value is -1.03. The lowest BCUT2D eigenvalue weighted by Crippen LogP contribution is -2.30. The standard InChI is InChI=1S/C15H20F3N/c16-15(17,18)13-8-6-11(7-9-13)10-12-4-2-1-3-5-14(12)19/h6-9,12,14H,1-5,10,19H2. The van der Waals surface area contributed by atoms with Crippen molar-refractivity contribution in [1.82, 2.24) is 0 Å². The second kappa shape index (κ2) is 5.95. The van der Waals surface area contributed by atoms with Crippen LogP contribution in [0.4, 0.5) is 13.2 Å². The number of nitrogens with two attached hydrogens (primary N) is 1. The first kappa shape index (κ1) is 14.4. The van der Waals surface area contributed by atoms with Gasteiger partial charge in [0.05, 0.1) is 5.56 Å². The summed E-state index contributed by atoms with van der Waals surface area (Å²) in [4.78, 5) is 0. The van der Waals surface area contributed by atoms with Crippen molar-refractivity contribution in [3.8, 4) is 0 Å². The minimum Gasteiger partial charge on any atom is -0.327 e. The molecule has 2 N–H and O–H groups in total. The summed E-state index contributed by atoms with van der Waals surface area (Å²) < 4.78 is 37.4. The quantitative estimate of drug-likeness (QED) is 0.803. The molecule has 1 aliphatic rings. The molecule has 4 heteroatoms. The zero-order valence-electron chi connectivity index (χ0n) is 10.9. The predicted molar refractivity (Wildman–Crippen MR) is 69.7 cm³/mol. The summed E-state index contributed by atoms with van der Waals surface area (Å²) in [5, 5.41) is 0. The van der Waals surface area contributed by atoms with Crippen molar-refractivity contribution in [3.63, 3.8) is 0 Å². The van der Waals surface area contributed by atoms with Gasteiger partial charge in [-0.15, -0.1) is 0 Å². The normalized spacial score (nSPS) is 25.1. The van der Waals surface area contributed by atoms with E-state index in [0.717, 1.165) is 37.0 Å². The van der Waals surface area contributed by atoms with E-state index in [1.54, 1.807) is 12.1 Å². The molecule has 2 unspecified atom stereocenters. The molecule has 0 aliphatic heterocycles. The molecule has 2 rings (SSSR count). The van der Waals surface area contributed by atoms with Crippen LogP contribution in [0.5, 0.6) is 0 Å². The van der Waals surface area contributed by atoms with Crippen molar-refractivity contribution < 1.29 is 13.2 Å². The van der Waals surface area contributed by atoms with Gasteiger partial charge in [0, 0.05) is 6.04 Å². The Balaban J connectivity index is 2.02. The lowest BCUT2D eigenvalue weighted by Gasteiger charge is -2.21. The first-order valence-electron chi connectivity index (χ1n) is 6.88. The van der Waals surface area contributed by atoms with E-state index in [2.05, 4.69) is 0 Å². The van der Waals surface area contributed by atoms with Gasteiger partial charge >= 0.3 is 6.18 Å². The number of alkyl halides is 3. The van der Waals surface area contributed by atoms with Gasteiger partial charge in [0.1, 0.15) is 0 Å². The second-order valence-electron chi connectivity index (χ2n) is 5.46. The van der Waals surface area contributed by atoms with Crippen LogP contribution in [-0.2, 0) is 12.6 Å². The Morgan fingerprint density at radius 1 is 1.00 bits per heavy atom. The maximum atomic E-state index is 12.5. The van der Waals surface area contributed by atoms with Crippen LogP contribution in [0.15, 0.2) is 24.3 Å². The highest BCUT2D eigenvalue weighted by Gasteiger charge is 2.30. The molecule has 0 radical (unpaired) electrons. The minimum absolute atomic E-state index is 0.185. The monoisotopic (exact) mass is 271 g/mol. The molecule has 1 saturated carbocycles. The first-order valence-corrected chi connectivity index (χ1v) is 6.88. The molecule has 1 aliphatic carbocycles. The molecule has 0 aromatic heterocycles. The van der Waals surface area contributed by atoms with Gasteiger partial charge in [0.15, 0.2) is 0 Å². The van der Waals surface area contributed by atoms with E-state index in [1.165, 1.54) is 19.3 Å². The van der Waals surface area contributed by atoms with Gasteiger partial charge in [-0.3, -0.25) is 0 Å². The van der Waals surface area contributed by atoms with Gasteiger partial charge in [-0.1, -0.05) is 31.4 Å². The number of hydrogen-bond acceptors (Lipinski definition) is 1. The lowest BCUT2D eigenvalue weighted by atomic mass is 9.89. The molecular weight excluding hydrogens is 251 g/mol. The van der Waals surface area contributed by atoms with Crippen LogP contribution in [0.3, 0.4) is 0 Å². The van der Waals surface area contributed by atoms with Crippen molar-refractivity contribution in [2.45, 2.75) is 50.7 Å². The third-order valence-corrected chi connectivity index (χ3v) is 4.00. The molecule has 19 heavy (non-hydrogen) atoms. The highest BCUT2D eigenvalue weighted by atomic mass is 19.4. The van der Waals surface area contributed by atoms with Crippen molar-refractivity contribution in [2.24, 2.45) is 11.7 Å². The zero-order chi connectivity index (χ0) is 13.9. The van der Waals surface area contributed by atoms with Crippen LogP contribution in [0.2, 0.25) is 0 Å². The average molecular weight is 271 g/mol. The molecular formula is C15H20F3N. The largest absolute Gasteiger partial charge is 0.416 e. The first-order chi connectivity index (χ1) is 8.97. The maximum absolute atomic E-state index is 12.5. The molecule has 1 aromatic carbocycles. The molecule has 106 valence electrons. The Labute approximate surface area is 112 Å². The Morgan fingerprint density at radius 3 is 2.26 bits per heavy atom. The summed E-state index contributed by atoms with van der Waals surface area (Å²) in [6.45, 7) is 0. The van der Waals surface area contributed by atoms with E-state index in [4.69, 9.17) is 5.73 Å². The second-order valence-corrected chi connectivity index (χ2v) is 5.46. The molecule has 0 heterocycles. The maximum Gasteiger partial charge on any atom is 0.416 e. The fourth-order valence-electron chi connectivity index (χ4n) is 2.80. The van der Waals surface area contributed by atoms with E-state index in [1.807, 2.05) is 0 Å². The van der Waals surface area contributed by atoms with E-state index >= 15 is 0 Å². The van der Waals surface area contributed by atoms with E-state index in [9.17, 15) is 13.2 Å². The van der Waals surface area contributed by atoms with Crippen LogP contribution in [0.25, 0.3) is 0 Å². The van der Waals surface area contributed by atoms with Crippen LogP contribution in [0, 0.1) is 5.92 Å². The molecule has 1 fully saturated rings. The Morgan fingerprint density at radius 2 is 1.63 bits per heavy atom. The molecule has 0 bridgehead atoms. The minimum atomic E-state index is -4.25. The highest BCUT2D eigenvalue weighted by molar-refractivity contribution is 5.25. The number of benzene rings is 1. The van der Waals surface area contributed by atoms with Crippen LogP contribution in [0.1, 0.15) is 43.2 Å². The summed E-state index contributed by atoms with van der Waals surface area (Å²) >= 11 is 0. The number of rotatable bonds is 2. The van der Waals surface area contributed by atoms with Gasteiger partial charge in [0.25, 0.3) is 0 Å². The summed E-state index contributed by atoms with van der Waals surface area (Å²) in [7, 11) is 0. The SMILES string of the molecule is NC1CCCCCC1Cc1ccc(C(F)(F)F)cc1. The van der Waals surface area contributed by atoms with Crippen LogP contribution in [-0.4, -0.2) is 6.04 Å². The highest BCUT2D eigenvalue weighted by Crippen LogP contribution is 2.30. The lowest BCUT2D eigenvalue weighted by molar-refractivity contribution is -0.137.